The van der Waals surface area contributed by atoms with Gasteiger partial charge in [0.05, 0.1) is 5.60 Å². The van der Waals surface area contributed by atoms with Crippen molar-refractivity contribution < 1.29 is 5.11 Å². The number of hydrogen-bond acceptors (Lipinski definition) is 2. The second-order valence-corrected chi connectivity index (χ2v) is 7.00. The summed E-state index contributed by atoms with van der Waals surface area (Å²) in [5.74, 6) is 0. The Morgan fingerprint density at radius 2 is 1.38 bits per heavy atom. The molecule has 2 heteroatoms. The van der Waals surface area contributed by atoms with Crippen LogP contribution in [0.2, 0.25) is 0 Å². The van der Waals surface area contributed by atoms with Crippen molar-refractivity contribution in [3.63, 3.8) is 0 Å². The van der Waals surface area contributed by atoms with Gasteiger partial charge in [-0.3, -0.25) is 0 Å². The molecule has 0 heterocycles. The van der Waals surface area contributed by atoms with Crippen LogP contribution in [0, 0.1) is 0 Å². The average Bonchev–Trinajstić information content (AvgIpc) is 2.60. The van der Waals surface area contributed by atoms with Gasteiger partial charge in [0.2, 0.25) is 0 Å². The summed E-state index contributed by atoms with van der Waals surface area (Å²) >= 11 is 0. The fraction of sp³-hybridized carbons (Fsp3) is 0.455. The fourth-order valence-electron chi connectivity index (χ4n) is 3.24. The predicted octanol–water partition coefficient (Wildman–Crippen LogP) is 4.63. The van der Waals surface area contributed by atoms with Crippen molar-refractivity contribution >= 4 is 0 Å². The van der Waals surface area contributed by atoms with E-state index in [1.54, 1.807) is 0 Å². The molecular formula is C22H31NO. The van der Waals surface area contributed by atoms with E-state index in [9.17, 15) is 5.11 Å². The summed E-state index contributed by atoms with van der Waals surface area (Å²) < 4.78 is 0. The third-order valence-corrected chi connectivity index (χ3v) is 4.66. The van der Waals surface area contributed by atoms with Crippen LogP contribution in [0.4, 0.5) is 0 Å². The summed E-state index contributed by atoms with van der Waals surface area (Å²) in [6.45, 7) is 1.01. The molecule has 0 saturated carbocycles. The van der Waals surface area contributed by atoms with Gasteiger partial charge in [-0.2, -0.15) is 0 Å². The average molecular weight is 325 g/mol. The molecule has 0 amide bonds. The van der Waals surface area contributed by atoms with Crippen LogP contribution in [0.1, 0.15) is 43.2 Å². The Morgan fingerprint density at radius 3 is 2.00 bits per heavy atom. The maximum Gasteiger partial charge on any atom is 0.0897 e. The van der Waals surface area contributed by atoms with Crippen molar-refractivity contribution in [1.29, 1.82) is 0 Å². The van der Waals surface area contributed by atoms with Gasteiger partial charge in [0, 0.05) is 0 Å². The zero-order valence-electron chi connectivity index (χ0n) is 15.1. The molecule has 130 valence electrons. The quantitative estimate of drug-likeness (QED) is 0.644. The number of hydrogen-bond donors (Lipinski definition) is 1. The molecule has 24 heavy (non-hydrogen) atoms. The molecule has 0 spiro atoms. The Hall–Kier alpha value is -1.64. The van der Waals surface area contributed by atoms with Crippen LogP contribution in [0.25, 0.3) is 0 Å². The number of benzene rings is 2. The summed E-state index contributed by atoms with van der Waals surface area (Å²) in [5.41, 5.74) is 1.74. The first kappa shape index (κ1) is 18.7. The molecule has 2 aromatic carbocycles. The van der Waals surface area contributed by atoms with E-state index in [2.05, 4.69) is 61.5 Å². The van der Waals surface area contributed by atoms with E-state index in [-0.39, 0.29) is 0 Å². The van der Waals surface area contributed by atoms with Gasteiger partial charge in [-0.25, -0.2) is 0 Å². The predicted molar refractivity (Wildman–Crippen MR) is 102 cm³/mol. The Balaban J connectivity index is 1.90. The highest BCUT2D eigenvalue weighted by molar-refractivity contribution is 5.22. The molecule has 1 atom stereocenters. The van der Waals surface area contributed by atoms with Crippen molar-refractivity contribution in [3.8, 4) is 0 Å². The minimum Gasteiger partial charge on any atom is -0.385 e. The highest BCUT2D eigenvalue weighted by Gasteiger charge is 2.27. The standard InChI is InChI=1S/C22H31NO/c1-23(2)19-11-18-22(24,21-15-7-4-8-16-21)17-10-9-14-20-12-5-3-6-13-20/h3-8,12-13,15-16,24H,9-11,14,17-19H2,1-2H3. The minimum absolute atomic E-state index is 0.700. The fourth-order valence-corrected chi connectivity index (χ4v) is 3.24. The molecule has 0 aromatic heterocycles. The molecule has 0 aliphatic carbocycles. The molecule has 2 nitrogen and oxygen atoms in total. The molecule has 1 N–H and O–H groups in total. The Kier molecular flexibility index (Phi) is 7.48. The van der Waals surface area contributed by atoms with Crippen LogP contribution in [0.15, 0.2) is 60.7 Å². The van der Waals surface area contributed by atoms with Crippen molar-refractivity contribution in [2.45, 2.75) is 44.1 Å². The van der Waals surface area contributed by atoms with Gasteiger partial charge < -0.3 is 10.0 Å². The minimum atomic E-state index is -0.700. The summed E-state index contributed by atoms with van der Waals surface area (Å²) in [7, 11) is 4.17. The first-order valence-electron chi connectivity index (χ1n) is 9.07. The van der Waals surface area contributed by atoms with E-state index < -0.39 is 5.60 Å². The smallest absolute Gasteiger partial charge is 0.0897 e. The van der Waals surface area contributed by atoms with Gasteiger partial charge in [0.25, 0.3) is 0 Å². The molecule has 0 radical (unpaired) electrons. The Morgan fingerprint density at radius 1 is 0.792 bits per heavy atom. The van der Waals surface area contributed by atoms with Crippen molar-refractivity contribution in [1.82, 2.24) is 4.90 Å². The van der Waals surface area contributed by atoms with Crippen molar-refractivity contribution in [3.05, 3.63) is 71.8 Å². The third-order valence-electron chi connectivity index (χ3n) is 4.66. The number of unbranched alkanes of at least 4 members (excludes halogenated alkanes) is 1. The summed E-state index contributed by atoms with van der Waals surface area (Å²) in [4.78, 5) is 2.18. The van der Waals surface area contributed by atoms with E-state index in [4.69, 9.17) is 0 Å². The van der Waals surface area contributed by atoms with E-state index in [0.717, 1.165) is 50.6 Å². The van der Waals surface area contributed by atoms with Crippen molar-refractivity contribution in [2.75, 3.05) is 20.6 Å². The highest BCUT2D eigenvalue weighted by atomic mass is 16.3. The Labute approximate surface area is 147 Å². The van der Waals surface area contributed by atoms with Gasteiger partial charge in [-0.05, 0) is 70.3 Å². The van der Waals surface area contributed by atoms with Gasteiger partial charge in [0.15, 0.2) is 0 Å². The van der Waals surface area contributed by atoms with E-state index in [0.29, 0.717) is 0 Å². The van der Waals surface area contributed by atoms with E-state index >= 15 is 0 Å². The lowest BCUT2D eigenvalue weighted by molar-refractivity contribution is 0.0125. The van der Waals surface area contributed by atoms with Crippen LogP contribution < -0.4 is 0 Å². The van der Waals surface area contributed by atoms with Crippen LogP contribution in [-0.2, 0) is 12.0 Å². The lowest BCUT2D eigenvalue weighted by atomic mass is 9.84. The molecule has 0 aliphatic heterocycles. The lowest BCUT2D eigenvalue weighted by Gasteiger charge is -2.29. The van der Waals surface area contributed by atoms with E-state index in [1.165, 1.54) is 5.56 Å². The largest absolute Gasteiger partial charge is 0.385 e. The second kappa shape index (κ2) is 9.61. The lowest BCUT2D eigenvalue weighted by Crippen LogP contribution is -2.27. The number of rotatable bonds is 10. The summed E-state index contributed by atoms with van der Waals surface area (Å²) in [6, 6.07) is 20.8. The van der Waals surface area contributed by atoms with Crippen LogP contribution in [0.5, 0.6) is 0 Å². The Bertz CT molecular complexity index is 567. The van der Waals surface area contributed by atoms with Gasteiger partial charge in [-0.1, -0.05) is 60.7 Å². The van der Waals surface area contributed by atoms with Crippen LogP contribution in [-0.4, -0.2) is 30.6 Å². The number of nitrogens with zero attached hydrogens (tertiary/aromatic N) is 1. The maximum atomic E-state index is 11.3. The zero-order valence-corrected chi connectivity index (χ0v) is 15.1. The first-order chi connectivity index (χ1) is 11.6. The number of aliphatic hydroxyl groups is 1. The molecule has 2 aromatic rings. The molecule has 0 aliphatic rings. The van der Waals surface area contributed by atoms with Gasteiger partial charge in [0.1, 0.15) is 0 Å². The van der Waals surface area contributed by atoms with Crippen LogP contribution in [0.3, 0.4) is 0 Å². The third kappa shape index (κ3) is 6.10. The maximum absolute atomic E-state index is 11.3. The summed E-state index contributed by atoms with van der Waals surface area (Å²) in [5, 5.41) is 11.3. The van der Waals surface area contributed by atoms with E-state index in [1.807, 2.05) is 18.2 Å². The SMILES string of the molecule is CN(C)CCCC(O)(CCCCc1ccccc1)c1ccccc1. The monoisotopic (exact) mass is 325 g/mol. The molecular weight excluding hydrogens is 294 g/mol. The van der Waals surface area contributed by atoms with Crippen molar-refractivity contribution in [2.24, 2.45) is 0 Å². The molecule has 0 saturated heterocycles. The van der Waals surface area contributed by atoms with Gasteiger partial charge >= 0.3 is 0 Å². The normalized spacial score (nSPS) is 13.8. The molecule has 1 unspecified atom stereocenters. The topological polar surface area (TPSA) is 23.5 Å². The first-order valence-corrected chi connectivity index (χ1v) is 9.07. The molecule has 2 rings (SSSR count). The highest BCUT2D eigenvalue weighted by Crippen LogP contribution is 2.32. The zero-order chi connectivity index (χ0) is 17.3. The number of aryl methyl sites for hydroxylation is 1. The van der Waals surface area contributed by atoms with Gasteiger partial charge in [-0.15, -0.1) is 0 Å². The van der Waals surface area contributed by atoms with Crippen LogP contribution >= 0.6 is 0 Å². The molecule has 0 bridgehead atoms. The second-order valence-electron chi connectivity index (χ2n) is 7.00. The molecule has 0 fully saturated rings. The summed E-state index contributed by atoms with van der Waals surface area (Å²) in [6.07, 6.45) is 5.91.